The van der Waals surface area contributed by atoms with Crippen LogP contribution in [0.3, 0.4) is 0 Å². The van der Waals surface area contributed by atoms with Gasteiger partial charge in [-0.25, -0.2) is 0 Å². The van der Waals surface area contributed by atoms with Gasteiger partial charge in [0.05, 0.1) is 0 Å². The Morgan fingerprint density at radius 2 is 1.74 bits per heavy atom. The van der Waals surface area contributed by atoms with Crippen LogP contribution in [0.2, 0.25) is 0 Å². The van der Waals surface area contributed by atoms with Crippen molar-refractivity contribution in [3.63, 3.8) is 0 Å². The van der Waals surface area contributed by atoms with E-state index >= 15 is 0 Å². The fourth-order valence-electron chi connectivity index (χ4n) is 2.83. The summed E-state index contributed by atoms with van der Waals surface area (Å²) in [5.74, 6) is 0. The van der Waals surface area contributed by atoms with E-state index in [1.54, 1.807) is 0 Å². The average Bonchev–Trinajstić information content (AvgIpc) is 2.53. The van der Waals surface area contributed by atoms with Crippen LogP contribution in [0.4, 0.5) is 0 Å². The quantitative estimate of drug-likeness (QED) is 0.612. The topological polar surface area (TPSA) is 3.24 Å². The fourth-order valence-corrected chi connectivity index (χ4v) is 3.91. The van der Waals surface area contributed by atoms with Gasteiger partial charge in [-0.2, -0.15) is 0 Å². The standard InChI is InChI=1S/C20H23NS.ClH/c1-4-15-11-12-20-18(14-15)16(9-7-13-21(2)3)17-8-5-6-10-19(17)22-20;/h5-6,8-12,14H,4,7,13H2,1-3H3;1H/b16-9-;. The van der Waals surface area contributed by atoms with Crippen molar-refractivity contribution in [1.82, 2.24) is 4.90 Å². The number of halogens is 1. The molecule has 2 aromatic rings. The first kappa shape index (κ1) is 18.1. The Hall–Kier alpha value is -1.22. The van der Waals surface area contributed by atoms with E-state index in [0.717, 1.165) is 19.4 Å². The van der Waals surface area contributed by atoms with Crippen molar-refractivity contribution in [2.75, 3.05) is 20.6 Å². The maximum atomic E-state index is 2.41. The van der Waals surface area contributed by atoms with Crippen LogP contribution < -0.4 is 0 Å². The van der Waals surface area contributed by atoms with Crippen LogP contribution >= 0.6 is 24.2 Å². The number of hydrogen-bond acceptors (Lipinski definition) is 2. The Balaban J connectivity index is 0.00000192. The lowest BCUT2D eigenvalue weighted by Gasteiger charge is -2.23. The molecular weight excluding hydrogens is 322 g/mol. The van der Waals surface area contributed by atoms with Gasteiger partial charge in [0.25, 0.3) is 0 Å². The van der Waals surface area contributed by atoms with Crippen molar-refractivity contribution in [2.45, 2.75) is 29.6 Å². The molecule has 2 aromatic carbocycles. The molecule has 0 saturated heterocycles. The molecule has 1 aliphatic heterocycles. The Morgan fingerprint density at radius 1 is 1.00 bits per heavy atom. The Labute approximate surface area is 150 Å². The number of hydrogen-bond donors (Lipinski definition) is 0. The van der Waals surface area contributed by atoms with Gasteiger partial charge in [0, 0.05) is 16.3 Å². The summed E-state index contributed by atoms with van der Waals surface area (Å²) in [6.07, 6.45) is 4.58. The molecule has 0 atom stereocenters. The van der Waals surface area contributed by atoms with Crippen LogP contribution in [0, 0.1) is 0 Å². The van der Waals surface area contributed by atoms with Gasteiger partial charge >= 0.3 is 0 Å². The van der Waals surface area contributed by atoms with Gasteiger partial charge in [-0.3, -0.25) is 0 Å². The third-order valence-corrected chi connectivity index (χ3v) is 5.22. The molecule has 3 rings (SSSR count). The maximum absolute atomic E-state index is 2.41. The zero-order chi connectivity index (χ0) is 15.5. The SMILES string of the molecule is CCc1ccc2c(c1)/C(=C\CCN(C)C)c1ccccc1S2.Cl. The van der Waals surface area contributed by atoms with Gasteiger partial charge in [0.1, 0.15) is 0 Å². The molecule has 23 heavy (non-hydrogen) atoms. The van der Waals surface area contributed by atoms with Crippen molar-refractivity contribution < 1.29 is 0 Å². The average molecular weight is 346 g/mol. The molecule has 0 aromatic heterocycles. The predicted octanol–water partition coefficient (Wildman–Crippen LogP) is 5.52. The largest absolute Gasteiger partial charge is 0.309 e. The van der Waals surface area contributed by atoms with Crippen LogP contribution in [-0.4, -0.2) is 25.5 Å². The fraction of sp³-hybridized carbons (Fsp3) is 0.300. The monoisotopic (exact) mass is 345 g/mol. The van der Waals surface area contributed by atoms with Crippen molar-refractivity contribution in [2.24, 2.45) is 0 Å². The Morgan fingerprint density at radius 3 is 2.48 bits per heavy atom. The minimum Gasteiger partial charge on any atom is -0.309 e. The molecule has 0 saturated carbocycles. The van der Waals surface area contributed by atoms with Gasteiger partial charge in [0.2, 0.25) is 0 Å². The van der Waals surface area contributed by atoms with Gasteiger partial charge in [-0.05, 0) is 61.3 Å². The number of aryl methyl sites for hydroxylation is 1. The van der Waals surface area contributed by atoms with E-state index in [-0.39, 0.29) is 12.4 Å². The number of fused-ring (bicyclic) bond motifs is 2. The number of benzene rings is 2. The molecule has 3 heteroatoms. The summed E-state index contributed by atoms with van der Waals surface area (Å²) >= 11 is 1.89. The molecule has 0 radical (unpaired) electrons. The lowest BCUT2D eigenvalue weighted by Crippen LogP contribution is -2.12. The van der Waals surface area contributed by atoms with Gasteiger partial charge in [0.15, 0.2) is 0 Å². The smallest absolute Gasteiger partial charge is 0.0201 e. The van der Waals surface area contributed by atoms with Crippen molar-refractivity contribution in [3.05, 3.63) is 65.2 Å². The minimum absolute atomic E-state index is 0. The van der Waals surface area contributed by atoms with E-state index in [0.29, 0.717) is 0 Å². The molecule has 1 heterocycles. The molecule has 0 unspecified atom stereocenters. The van der Waals surface area contributed by atoms with Crippen LogP contribution in [0.5, 0.6) is 0 Å². The highest BCUT2D eigenvalue weighted by Crippen LogP contribution is 2.45. The molecule has 0 N–H and O–H groups in total. The zero-order valence-corrected chi connectivity index (χ0v) is 15.6. The summed E-state index contributed by atoms with van der Waals surface area (Å²) in [7, 11) is 4.26. The summed E-state index contributed by atoms with van der Waals surface area (Å²) < 4.78 is 0. The van der Waals surface area contributed by atoms with E-state index in [2.05, 4.69) is 74.5 Å². The normalized spacial score (nSPS) is 14.3. The minimum atomic E-state index is 0. The van der Waals surface area contributed by atoms with Gasteiger partial charge < -0.3 is 4.90 Å². The molecule has 0 spiro atoms. The second-order valence-corrected chi connectivity index (χ2v) is 7.08. The van der Waals surface area contributed by atoms with Gasteiger partial charge in [-0.15, -0.1) is 12.4 Å². The molecule has 0 fully saturated rings. The zero-order valence-electron chi connectivity index (χ0n) is 14.0. The maximum Gasteiger partial charge on any atom is 0.0201 e. The Bertz CT molecular complexity index is 707. The van der Waals surface area contributed by atoms with Crippen molar-refractivity contribution >= 4 is 29.7 Å². The lowest BCUT2D eigenvalue weighted by molar-refractivity contribution is 0.417. The van der Waals surface area contributed by atoms with E-state index in [1.165, 1.54) is 32.1 Å². The van der Waals surface area contributed by atoms with Crippen LogP contribution in [0.25, 0.3) is 5.57 Å². The highest BCUT2D eigenvalue weighted by atomic mass is 35.5. The molecule has 122 valence electrons. The third kappa shape index (κ3) is 4.00. The predicted molar refractivity (Wildman–Crippen MR) is 104 cm³/mol. The van der Waals surface area contributed by atoms with Crippen LogP contribution in [0.1, 0.15) is 30.0 Å². The Kier molecular flexibility index (Phi) is 6.34. The first-order valence-corrected chi connectivity index (χ1v) is 8.76. The summed E-state index contributed by atoms with van der Waals surface area (Å²) in [6, 6.07) is 15.7. The van der Waals surface area contributed by atoms with Crippen LogP contribution in [0.15, 0.2) is 58.3 Å². The number of rotatable bonds is 4. The highest BCUT2D eigenvalue weighted by Gasteiger charge is 2.20. The van der Waals surface area contributed by atoms with Crippen molar-refractivity contribution in [3.8, 4) is 0 Å². The molecule has 1 nitrogen and oxygen atoms in total. The van der Waals surface area contributed by atoms with E-state index in [9.17, 15) is 0 Å². The van der Waals surface area contributed by atoms with Crippen LogP contribution in [-0.2, 0) is 6.42 Å². The third-order valence-electron chi connectivity index (χ3n) is 4.06. The van der Waals surface area contributed by atoms with E-state index in [1.807, 2.05) is 11.8 Å². The molecule has 0 aliphatic carbocycles. The molecule has 1 aliphatic rings. The highest BCUT2D eigenvalue weighted by molar-refractivity contribution is 7.99. The lowest BCUT2D eigenvalue weighted by atomic mass is 9.94. The molecule has 0 amide bonds. The first-order chi connectivity index (χ1) is 10.7. The van der Waals surface area contributed by atoms with Gasteiger partial charge in [-0.1, -0.05) is 55.1 Å². The second kappa shape index (κ2) is 8.05. The van der Waals surface area contributed by atoms with E-state index in [4.69, 9.17) is 0 Å². The first-order valence-electron chi connectivity index (χ1n) is 7.94. The molecular formula is C20H24ClNS. The number of nitrogens with zero attached hydrogens (tertiary/aromatic N) is 1. The summed E-state index contributed by atoms with van der Waals surface area (Å²) in [4.78, 5) is 4.99. The molecule has 0 bridgehead atoms. The van der Waals surface area contributed by atoms with E-state index < -0.39 is 0 Å². The summed E-state index contributed by atoms with van der Waals surface area (Å²) in [6.45, 7) is 3.31. The van der Waals surface area contributed by atoms with Crippen molar-refractivity contribution in [1.29, 1.82) is 0 Å². The second-order valence-electron chi connectivity index (χ2n) is 5.99. The summed E-state index contributed by atoms with van der Waals surface area (Å²) in [5.41, 5.74) is 5.60. The summed E-state index contributed by atoms with van der Waals surface area (Å²) in [5, 5.41) is 0.